The lowest BCUT2D eigenvalue weighted by molar-refractivity contribution is 0.102. The minimum atomic E-state index is -0.640. The summed E-state index contributed by atoms with van der Waals surface area (Å²) in [6, 6.07) is 7.26. The third kappa shape index (κ3) is 3.00. The van der Waals surface area contributed by atoms with E-state index in [4.69, 9.17) is 23.2 Å². The van der Waals surface area contributed by atoms with Crippen LogP contribution in [-0.4, -0.2) is 17.9 Å². The van der Waals surface area contributed by atoms with Crippen LogP contribution in [0.1, 0.15) is 10.5 Å². The van der Waals surface area contributed by atoms with E-state index in [2.05, 4.69) is 15.6 Å². The van der Waals surface area contributed by atoms with Crippen molar-refractivity contribution in [1.82, 2.24) is 4.98 Å². The number of amides is 1. The van der Waals surface area contributed by atoms with E-state index in [1.165, 1.54) is 24.3 Å². The van der Waals surface area contributed by atoms with Crippen molar-refractivity contribution in [2.75, 3.05) is 17.7 Å². The van der Waals surface area contributed by atoms with Crippen LogP contribution in [0.25, 0.3) is 0 Å². The highest BCUT2D eigenvalue weighted by molar-refractivity contribution is 6.35. The monoisotopic (exact) mass is 313 g/mol. The molecule has 0 bridgehead atoms. The highest BCUT2D eigenvalue weighted by Gasteiger charge is 2.16. The standard InChI is InChI=1S/C13H10Cl2FN3O/c1-17-10-6-5-8(15)12(18-10)13(20)19-11-7(14)3-2-4-9(11)16/h2-6H,1H3,(H,17,18)(H,19,20). The number of anilines is 2. The van der Waals surface area contributed by atoms with Crippen molar-refractivity contribution in [3.05, 3.63) is 51.9 Å². The summed E-state index contributed by atoms with van der Waals surface area (Å²) in [5.41, 5.74) is -0.121. The molecule has 2 rings (SSSR count). The molecule has 0 fully saturated rings. The lowest BCUT2D eigenvalue weighted by atomic mass is 10.2. The lowest BCUT2D eigenvalue weighted by Gasteiger charge is -2.09. The Balaban J connectivity index is 2.33. The van der Waals surface area contributed by atoms with Gasteiger partial charge in [0.25, 0.3) is 5.91 Å². The predicted molar refractivity (Wildman–Crippen MR) is 78.2 cm³/mol. The van der Waals surface area contributed by atoms with E-state index in [0.29, 0.717) is 5.82 Å². The SMILES string of the molecule is CNc1ccc(Cl)c(C(=O)Nc2c(F)cccc2Cl)n1. The molecule has 4 nitrogen and oxygen atoms in total. The molecule has 20 heavy (non-hydrogen) atoms. The number of hydrogen-bond acceptors (Lipinski definition) is 3. The number of halogens is 3. The number of aromatic nitrogens is 1. The number of pyridine rings is 1. The first kappa shape index (κ1) is 14.6. The second kappa shape index (κ2) is 6.07. The van der Waals surface area contributed by atoms with Gasteiger partial charge in [-0.2, -0.15) is 0 Å². The summed E-state index contributed by atoms with van der Waals surface area (Å²) in [4.78, 5) is 16.1. The van der Waals surface area contributed by atoms with Crippen LogP contribution in [0, 0.1) is 5.82 Å². The van der Waals surface area contributed by atoms with Crippen LogP contribution in [-0.2, 0) is 0 Å². The van der Waals surface area contributed by atoms with Crippen LogP contribution in [0.4, 0.5) is 15.9 Å². The molecule has 1 amide bonds. The van der Waals surface area contributed by atoms with Gasteiger partial charge in [-0.25, -0.2) is 9.37 Å². The molecule has 0 aliphatic carbocycles. The summed E-state index contributed by atoms with van der Waals surface area (Å²) in [7, 11) is 1.66. The van der Waals surface area contributed by atoms with Crippen LogP contribution in [0.2, 0.25) is 10.0 Å². The van der Waals surface area contributed by atoms with Gasteiger partial charge < -0.3 is 10.6 Å². The topological polar surface area (TPSA) is 54.0 Å². The molecule has 0 saturated carbocycles. The van der Waals surface area contributed by atoms with Crippen LogP contribution in [0.15, 0.2) is 30.3 Å². The molecule has 104 valence electrons. The third-order valence-corrected chi connectivity index (χ3v) is 3.14. The highest BCUT2D eigenvalue weighted by atomic mass is 35.5. The summed E-state index contributed by atoms with van der Waals surface area (Å²) in [6.45, 7) is 0. The molecule has 0 saturated heterocycles. The van der Waals surface area contributed by atoms with Gasteiger partial charge >= 0.3 is 0 Å². The lowest BCUT2D eigenvalue weighted by Crippen LogP contribution is -2.16. The molecule has 0 spiro atoms. The highest BCUT2D eigenvalue weighted by Crippen LogP contribution is 2.26. The number of benzene rings is 1. The van der Waals surface area contributed by atoms with E-state index < -0.39 is 11.7 Å². The Bertz CT molecular complexity index is 644. The molecule has 0 aliphatic rings. The Morgan fingerprint density at radius 3 is 2.60 bits per heavy atom. The largest absolute Gasteiger partial charge is 0.373 e. The third-order valence-electron chi connectivity index (χ3n) is 2.52. The van der Waals surface area contributed by atoms with Gasteiger partial charge in [-0.3, -0.25) is 4.79 Å². The molecular formula is C13H10Cl2FN3O. The quantitative estimate of drug-likeness (QED) is 0.905. The zero-order valence-electron chi connectivity index (χ0n) is 10.4. The van der Waals surface area contributed by atoms with E-state index in [1.54, 1.807) is 13.1 Å². The summed E-state index contributed by atoms with van der Waals surface area (Å²) in [6.07, 6.45) is 0. The van der Waals surface area contributed by atoms with Gasteiger partial charge in [0.15, 0.2) is 0 Å². The minimum absolute atomic E-state index is 0.0159. The van der Waals surface area contributed by atoms with Crippen molar-refractivity contribution in [3.63, 3.8) is 0 Å². The van der Waals surface area contributed by atoms with Crippen LogP contribution < -0.4 is 10.6 Å². The van der Waals surface area contributed by atoms with E-state index in [1.807, 2.05) is 0 Å². The van der Waals surface area contributed by atoms with E-state index in [9.17, 15) is 9.18 Å². The van der Waals surface area contributed by atoms with Crippen molar-refractivity contribution < 1.29 is 9.18 Å². The normalized spacial score (nSPS) is 10.2. The molecule has 7 heteroatoms. The minimum Gasteiger partial charge on any atom is -0.373 e. The Kier molecular flexibility index (Phi) is 4.42. The fourth-order valence-corrected chi connectivity index (χ4v) is 1.93. The Morgan fingerprint density at radius 1 is 1.20 bits per heavy atom. The maximum Gasteiger partial charge on any atom is 0.276 e. The first-order valence-corrected chi connectivity index (χ1v) is 6.38. The van der Waals surface area contributed by atoms with Crippen molar-refractivity contribution in [2.24, 2.45) is 0 Å². The molecule has 1 heterocycles. The van der Waals surface area contributed by atoms with Gasteiger partial charge in [-0.15, -0.1) is 0 Å². The summed E-state index contributed by atoms with van der Waals surface area (Å²) < 4.78 is 13.6. The summed E-state index contributed by atoms with van der Waals surface area (Å²) >= 11 is 11.8. The Labute approximate surface area is 124 Å². The molecule has 0 radical (unpaired) electrons. The number of carbonyl (C=O) groups is 1. The van der Waals surface area contributed by atoms with Gasteiger partial charge in [0, 0.05) is 7.05 Å². The van der Waals surface area contributed by atoms with Gasteiger partial charge in [0.1, 0.15) is 17.3 Å². The Hall–Kier alpha value is -1.85. The number of nitrogens with zero attached hydrogens (tertiary/aromatic N) is 1. The molecule has 2 aromatic rings. The first-order chi connectivity index (χ1) is 9.52. The molecule has 0 atom stereocenters. The Morgan fingerprint density at radius 2 is 1.95 bits per heavy atom. The van der Waals surface area contributed by atoms with Crippen molar-refractivity contribution >= 4 is 40.6 Å². The number of para-hydroxylation sites is 1. The predicted octanol–water partition coefficient (Wildman–Crippen LogP) is 3.82. The van der Waals surface area contributed by atoms with Crippen molar-refractivity contribution in [2.45, 2.75) is 0 Å². The van der Waals surface area contributed by atoms with E-state index >= 15 is 0 Å². The van der Waals surface area contributed by atoms with Crippen LogP contribution in [0.3, 0.4) is 0 Å². The van der Waals surface area contributed by atoms with E-state index in [0.717, 1.165) is 0 Å². The van der Waals surface area contributed by atoms with Gasteiger partial charge in [0.2, 0.25) is 0 Å². The zero-order chi connectivity index (χ0) is 14.7. The number of carbonyl (C=O) groups excluding carboxylic acids is 1. The van der Waals surface area contributed by atoms with Gasteiger partial charge in [0.05, 0.1) is 15.7 Å². The molecule has 2 N–H and O–H groups in total. The second-order valence-electron chi connectivity index (χ2n) is 3.83. The average Bonchev–Trinajstić information content (AvgIpc) is 2.43. The fraction of sp³-hybridized carbons (Fsp3) is 0.0769. The fourth-order valence-electron chi connectivity index (χ4n) is 1.53. The van der Waals surface area contributed by atoms with Gasteiger partial charge in [-0.05, 0) is 24.3 Å². The molecule has 0 unspecified atom stereocenters. The van der Waals surface area contributed by atoms with Gasteiger partial charge in [-0.1, -0.05) is 29.3 Å². The second-order valence-corrected chi connectivity index (χ2v) is 4.64. The number of rotatable bonds is 3. The van der Waals surface area contributed by atoms with E-state index in [-0.39, 0.29) is 21.4 Å². The number of hydrogen-bond donors (Lipinski definition) is 2. The average molecular weight is 314 g/mol. The summed E-state index contributed by atoms with van der Waals surface area (Å²) in [5.74, 6) is -0.801. The maximum absolute atomic E-state index is 13.6. The molecule has 1 aromatic heterocycles. The molecule has 0 aliphatic heterocycles. The summed E-state index contributed by atoms with van der Waals surface area (Å²) in [5, 5.41) is 5.41. The first-order valence-electron chi connectivity index (χ1n) is 5.62. The van der Waals surface area contributed by atoms with Crippen LogP contribution >= 0.6 is 23.2 Å². The smallest absolute Gasteiger partial charge is 0.276 e. The maximum atomic E-state index is 13.6. The number of nitrogens with one attached hydrogen (secondary N) is 2. The van der Waals surface area contributed by atoms with Crippen LogP contribution in [0.5, 0.6) is 0 Å². The molecule has 1 aromatic carbocycles. The molecular weight excluding hydrogens is 304 g/mol. The van der Waals surface area contributed by atoms with Crippen molar-refractivity contribution in [3.8, 4) is 0 Å². The zero-order valence-corrected chi connectivity index (χ0v) is 11.9. The van der Waals surface area contributed by atoms with Crippen molar-refractivity contribution in [1.29, 1.82) is 0 Å².